The molecular weight excluding hydrogens is 263 g/mol. The first-order chi connectivity index (χ1) is 9.26. The van der Waals surface area contributed by atoms with E-state index in [0.717, 1.165) is 47.7 Å². The van der Waals surface area contributed by atoms with Gasteiger partial charge in [0.1, 0.15) is 5.82 Å². The first-order valence-corrected chi connectivity index (χ1v) is 7.01. The van der Waals surface area contributed by atoms with Crippen molar-refractivity contribution < 1.29 is 4.39 Å². The van der Waals surface area contributed by atoms with Gasteiger partial charge in [0.25, 0.3) is 0 Å². The molecule has 0 aliphatic carbocycles. The number of rotatable bonds is 2. The van der Waals surface area contributed by atoms with E-state index in [1.165, 1.54) is 0 Å². The number of hydrogen-bond acceptors (Lipinski definition) is 2. The van der Waals surface area contributed by atoms with Crippen LogP contribution in [0.15, 0.2) is 30.3 Å². The Balaban J connectivity index is 1.84. The van der Waals surface area contributed by atoms with Crippen molar-refractivity contribution in [2.45, 2.75) is 12.8 Å². The van der Waals surface area contributed by atoms with E-state index in [1.54, 1.807) is 0 Å². The van der Waals surface area contributed by atoms with Crippen LogP contribution in [-0.4, -0.2) is 24.7 Å². The maximum atomic E-state index is 12.6. The first kappa shape index (κ1) is 12.7. The number of anilines is 1. The van der Waals surface area contributed by atoms with Crippen LogP contribution in [0.1, 0.15) is 12.8 Å². The molecular formula is C15H16ClFN2. The summed E-state index contributed by atoms with van der Waals surface area (Å²) in [6, 6.07) is 9.79. The molecule has 0 amide bonds. The van der Waals surface area contributed by atoms with E-state index in [-0.39, 0.29) is 12.6 Å². The Kier molecular flexibility index (Phi) is 3.56. The normalized spacial score (nSPS) is 17.1. The zero-order chi connectivity index (χ0) is 13.2. The van der Waals surface area contributed by atoms with Gasteiger partial charge in [-0.05, 0) is 49.1 Å². The number of alkyl halides is 1. The van der Waals surface area contributed by atoms with Crippen LogP contribution in [0.5, 0.6) is 0 Å². The summed E-state index contributed by atoms with van der Waals surface area (Å²) in [6.45, 7) is 1.58. The topological polar surface area (TPSA) is 16.1 Å². The molecule has 1 aromatic carbocycles. The quantitative estimate of drug-likeness (QED) is 0.823. The lowest BCUT2D eigenvalue weighted by Crippen LogP contribution is -2.34. The van der Waals surface area contributed by atoms with Gasteiger partial charge >= 0.3 is 0 Å². The molecule has 1 saturated heterocycles. The van der Waals surface area contributed by atoms with Crippen molar-refractivity contribution >= 4 is 28.3 Å². The maximum Gasteiger partial charge on any atom is 0.129 e. The zero-order valence-corrected chi connectivity index (χ0v) is 11.4. The van der Waals surface area contributed by atoms with Crippen molar-refractivity contribution in [2.24, 2.45) is 5.92 Å². The highest BCUT2D eigenvalue weighted by atomic mass is 35.5. The molecule has 1 aliphatic rings. The van der Waals surface area contributed by atoms with E-state index in [0.29, 0.717) is 0 Å². The van der Waals surface area contributed by atoms with Crippen LogP contribution >= 0.6 is 11.6 Å². The summed E-state index contributed by atoms with van der Waals surface area (Å²) in [5, 5.41) is 1.78. The maximum absolute atomic E-state index is 12.6. The molecule has 0 bridgehead atoms. The number of aromatic nitrogens is 1. The van der Waals surface area contributed by atoms with Crippen LogP contribution in [0.4, 0.5) is 10.2 Å². The minimum Gasteiger partial charge on any atom is -0.357 e. The lowest BCUT2D eigenvalue weighted by Gasteiger charge is -2.31. The molecule has 2 nitrogen and oxygen atoms in total. The molecule has 0 spiro atoms. The van der Waals surface area contributed by atoms with Crippen LogP contribution in [0.2, 0.25) is 5.02 Å². The number of hydrogen-bond donors (Lipinski definition) is 0. The van der Waals surface area contributed by atoms with E-state index >= 15 is 0 Å². The molecule has 0 unspecified atom stereocenters. The molecule has 3 rings (SSSR count). The van der Waals surface area contributed by atoms with E-state index < -0.39 is 0 Å². The fourth-order valence-corrected chi connectivity index (χ4v) is 2.76. The molecule has 2 heterocycles. The molecule has 1 aliphatic heterocycles. The third-order valence-corrected chi connectivity index (χ3v) is 4.03. The average Bonchev–Trinajstić information content (AvgIpc) is 2.47. The molecule has 0 saturated carbocycles. The van der Waals surface area contributed by atoms with E-state index in [1.807, 2.05) is 30.3 Å². The third kappa shape index (κ3) is 2.66. The second-order valence-corrected chi connectivity index (χ2v) is 5.53. The molecule has 100 valence electrons. The SMILES string of the molecule is FCC1CCN(c2ccc3cc(Cl)ccc3n2)CC1. The summed E-state index contributed by atoms with van der Waals surface area (Å²) in [5.41, 5.74) is 0.953. The minimum atomic E-state index is -0.197. The third-order valence-electron chi connectivity index (χ3n) is 3.79. The summed E-state index contributed by atoms with van der Waals surface area (Å²) in [5.74, 6) is 1.21. The lowest BCUT2D eigenvalue weighted by atomic mass is 9.98. The van der Waals surface area contributed by atoms with Gasteiger partial charge in [0.15, 0.2) is 0 Å². The second-order valence-electron chi connectivity index (χ2n) is 5.09. The molecule has 1 aromatic heterocycles. The van der Waals surface area contributed by atoms with Gasteiger partial charge in [-0.2, -0.15) is 0 Å². The highest BCUT2D eigenvalue weighted by Gasteiger charge is 2.19. The van der Waals surface area contributed by atoms with E-state index in [9.17, 15) is 4.39 Å². The fraction of sp³-hybridized carbons (Fsp3) is 0.400. The Morgan fingerprint density at radius 1 is 1.21 bits per heavy atom. The van der Waals surface area contributed by atoms with Crippen molar-refractivity contribution in [1.29, 1.82) is 0 Å². The Hall–Kier alpha value is -1.35. The highest BCUT2D eigenvalue weighted by Crippen LogP contribution is 2.25. The molecule has 0 radical (unpaired) electrons. The Labute approximate surface area is 117 Å². The van der Waals surface area contributed by atoms with Gasteiger partial charge in [-0.1, -0.05) is 11.6 Å². The molecule has 0 atom stereocenters. The average molecular weight is 279 g/mol. The van der Waals surface area contributed by atoms with Crippen molar-refractivity contribution in [3.8, 4) is 0 Å². The van der Waals surface area contributed by atoms with Crippen molar-refractivity contribution in [1.82, 2.24) is 4.98 Å². The molecule has 19 heavy (non-hydrogen) atoms. The number of halogens is 2. The molecule has 0 N–H and O–H groups in total. The van der Waals surface area contributed by atoms with Gasteiger partial charge in [0, 0.05) is 23.5 Å². The second kappa shape index (κ2) is 5.33. The molecule has 4 heteroatoms. The van der Waals surface area contributed by atoms with Crippen molar-refractivity contribution in [3.63, 3.8) is 0 Å². The summed E-state index contributed by atoms with van der Waals surface area (Å²) in [4.78, 5) is 6.90. The number of nitrogens with zero attached hydrogens (tertiary/aromatic N) is 2. The first-order valence-electron chi connectivity index (χ1n) is 6.63. The van der Waals surface area contributed by atoms with Crippen LogP contribution in [0, 0.1) is 5.92 Å². The Morgan fingerprint density at radius 3 is 2.74 bits per heavy atom. The number of benzene rings is 1. The van der Waals surface area contributed by atoms with Gasteiger partial charge in [-0.25, -0.2) is 4.98 Å². The monoisotopic (exact) mass is 278 g/mol. The summed E-state index contributed by atoms with van der Waals surface area (Å²) >= 11 is 5.97. The number of fused-ring (bicyclic) bond motifs is 1. The van der Waals surface area contributed by atoms with Gasteiger partial charge < -0.3 is 4.90 Å². The zero-order valence-electron chi connectivity index (χ0n) is 10.6. The standard InChI is InChI=1S/C15H16ClFN2/c16-13-2-3-14-12(9-13)1-4-15(18-14)19-7-5-11(10-17)6-8-19/h1-4,9,11H,5-8,10H2. The number of pyridine rings is 1. The fourth-order valence-electron chi connectivity index (χ4n) is 2.58. The van der Waals surface area contributed by atoms with Crippen LogP contribution < -0.4 is 4.90 Å². The Bertz CT molecular complexity index is 579. The largest absolute Gasteiger partial charge is 0.357 e. The van der Waals surface area contributed by atoms with E-state index in [2.05, 4.69) is 9.88 Å². The Morgan fingerprint density at radius 2 is 2.00 bits per heavy atom. The van der Waals surface area contributed by atoms with Crippen LogP contribution in [0.3, 0.4) is 0 Å². The lowest BCUT2D eigenvalue weighted by molar-refractivity contribution is 0.307. The highest BCUT2D eigenvalue weighted by molar-refractivity contribution is 6.31. The van der Waals surface area contributed by atoms with Gasteiger partial charge in [-0.3, -0.25) is 4.39 Å². The number of piperidine rings is 1. The minimum absolute atomic E-state index is 0.197. The predicted molar refractivity (Wildman–Crippen MR) is 77.7 cm³/mol. The van der Waals surface area contributed by atoms with Crippen molar-refractivity contribution in [3.05, 3.63) is 35.4 Å². The summed E-state index contributed by atoms with van der Waals surface area (Å²) in [7, 11) is 0. The summed E-state index contributed by atoms with van der Waals surface area (Å²) in [6.07, 6.45) is 1.83. The van der Waals surface area contributed by atoms with Crippen LogP contribution in [-0.2, 0) is 0 Å². The van der Waals surface area contributed by atoms with Gasteiger partial charge in [0.2, 0.25) is 0 Å². The van der Waals surface area contributed by atoms with Gasteiger partial charge in [0.05, 0.1) is 12.2 Å². The smallest absolute Gasteiger partial charge is 0.129 e. The van der Waals surface area contributed by atoms with Crippen LogP contribution in [0.25, 0.3) is 10.9 Å². The van der Waals surface area contributed by atoms with Gasteiger partial charge in [-0.15, -0.1) is 0 Å². The summed E-state index contributed by atoms with van der Waals surface area (Å²) < 4.78 is 12.6. The predicted octanol–water partition coefficient (Wildman–Crippen LogP) is 4.07. The van der Waals surface area contributed by atoms with Crippen molar-refractivity contribution in [2.75, 3.05) is 24.7 Å². The molecule has 2 aromatic rings. The molecule has 1 fully saturated rings. The van der Waals surface area contributed by atoms with E-state index in [4.69, 9.17) is 11.6 Å².